The molecule has 2 atom stereocenters. The summed E-state index contributed by atoms with van der Waals surface area (Å²) in [5.74, 6) is -0.575. The molecule has 1 aromatic carbocycles. The zero-order valence-electron chi connectivity index (χ0n) is 22.1. The first kappa shape index (κ1) is 28.5. The minimum absolute atomic E-state index is 0.245. The first-order valence-electron chi connectivity index (χ1n) is 11.8. The molecule has 0 saturated heterocycles. The van der Waals surface area contributed by atoms with E-state index in [0.29, 0.717) is 6.54 Å². The van der Waals surface area contributed by atoms with Gasteiger partial charge in [-0.3, -0.25) is 9.59 Å². The lowest BCUT2D eigenvalue weighted by molar-refractivity contribution is -0.142. The summed E-state index contributed by atoms with van der Waals surface area (Å²) in [5.41, 5.74) is 1.65. The van der Waals surface area contributed by atoms with Crippen LogP contribution in [0.5, 0.6) is 0 Å². The molecular weight excluding hydrogens is 418 g/mol. The van der Waals surface area contributed by atoms with Gasteiger partial charge >= 0.3 is 6.09 Å². The van der Waals surface area contributed by atoms with Crippen molar-refractivity contribution in [2.45, 2.75) is 105 Å². The van der Waals surface area contributed by atoms with Gasteiger partial charge in [0.2, 0.25) is 11.8 Å². The number of benzene rings is 1. The molecule has 0 aliphatic heterocycles. The molecule has 0 aliphatic carbocycles. The molecule has 33 heavy (non-hydrogen) atoms. The molecule has 0 aromatic heterocycles. The Morgan fingerprint density at radius 1 is 1.06 bits per heavy atom. The molecule has 3 amide bonds. The van der Waals surface area contributed by atoms with Crippen LogP contribution >= 0.6 is 0 Å². The van der Waals surface area contributed by atoms with E-state index in [1.807, 2.05) is 59.7 Å². The molecule has 0 spiro atoms. The topological polar surface area (TPSA) is 87.7 Å². The van der Waals surface area contributed by atoms with Crippen LogP contribution in [-0.4, -0.2) is 46.5 Å². The fourth-order valence-electron chi connectivity index (χ4n) is 3.45. The summed E-state index contributed by atoms with van der Waals surface area (Å²) in [5, 5.41) is 5.67. The summed E-state index contributed by atoms with van der Waals surface area (Å²) in [7, 11) is 0. The van der Waals surface area contributed by atoms with Gasteiger partial charge in [-0.15, -0.1) is 0 Å². The monoisotopic (exact) mass is 461 g/mol. The second-order valence-corrected chi connectivity index (χ2v) is 10.7. The van der Waals surface area contributed by atoms with Gasteiger partial charge < -0.3 is 20.3 Å². The minimum atomic E-state index is -0.855. The van der Waals surface area contributed by atoms with E-state index >= 15 is 0 Å². The highest BCUT2D eigenvalue weighted by molar-refractivity contribution is 5.92. The van der Waals surface area contributed by atoms with Crippen LogP contribution in [0.15, 0.2) is 18.2 Å². The van der Waals surface area contributed by atoms with Crippen molar-refractivity contribution < 1.29 is 19.1 Å². The summed E-state index contributed by atoms with van der Waals surface area (Å²) in [6.45, 7) is 19.0. The van der Waals surface area contributed by atoms with E-state index in [-0.39, 0.29) is 11.8 Å². The number of hydrogen-bond donors (Lipinski definition) is 2. The predicted molar refractivity (Wildman–Crippen MR) is 132 cm³/mol. The van der Waals surface area contributed by atoms with Crippen molar-refractivity contribution in [1.82, 2.24) is 15.5 Å². The number of carbonyl (C=O) groups is 3. The second-order valence-electron chi connectivity index (χ2n) is 10.7. The van der Waals surface area contributed by atoms with E-state index in [0.717, 1.165) is 29.5 Å². The van der Waals surface area contributed by atoms with Crippen LogP contribution in [0.25, 0.3) is 0 Å². The Kier molecular flexibility index (Phi) is 9.94. The molecule has 1 aromatic rings. The Morgan fingerprint density at radius 3 is 2.18 bits per heavy atom. The molecule has 0 aliphatic rings. The van der Waals surface area contributed by atoms with Crippen LogP contribution in [0.3, 0.4) is 0 Å². The normalized spacial score (nSPS) is 13.6. The highest BCUT2D eigenvalue weighted by Gasteiger charge is 2.36. The fraction of sp³-hybridized carbons (Fsp3) is 0.654. The van der Waals surface area contributed by atoms with E-state index in [4.69, 9.17) is 4.74 Å². The Bertz CT molecular complexity index is 837. The van der Waals surface area contributed by atoms with Gasteiger partial charge in [0, 0.05) is 12.1 Å². The Hall–Kier alpha value is -2.57. The number of unbranched alkanes of at least 4 members (excludes halogenated alkanes) is 1. The summed E-state index contributed by atoms with van der Waals surface area (Å²) >= 11 is 0. The molecule has 7 heteroatoms. The molecule has 2 unspecified atom stereocenters. The molecule has 0 radical (unpaired) electrons. The third-order valence-electron chi connectivity index (χ3n) is 5.14. The van der Waals surface area contributed by atoms with E-state index in [9.17, 15) is 14.4 Å². The van der Waals surface area contributed by atoms with Gasteiger partial charge in [0.25, 0.3) is 0 Å². The quantitative estimate of drug-likeness (QED) is 0.582. The molecule has 0 heterocycles. The lowest BCUT2D eigenvalue weighted by Gasteiger charge is -2.36. The average molecular weight is 462 g/mol. The zero-order chi connectivity index (χ0) is 25.6. The van der Waals surface area contributed by atoms with Gasteiger partial charge in [0.05, 0.1) is 0 Å². The maximum absolute atomic E-state index is 13.6. The molecule has 2 N–H and O–H groups in total. The van der Waals surface area contributed by atoms with Crippen molar-refractivity contribution in [1.29, 1.82) is 0 Å². The van der Waals surface area contributed by atoms with Crippen LogP contribution in [0, 0.1) is 13.8 Å². The van der Waals surface area contributed by atoms with Crippen molar-refractivity contribution in [2.24, 2.45) is 0 Å². The smallest absolute Gasteiger partial charge is 0.408 e. The van der Waals surface area contributed by atoms with Crippen LogP contribution in [0.2, 0.25) is 0 Å². The predicted octanol–water partition coefficient (Wildman–Crippen LogP) is 4.80. The zero-order valence-corrected chi connectivity index (χ0v) is 22.1. The van der Waals surface area contributed by atoms with Crippen molar-refractivity contribution in [3.63, 3.8) is 0 Å². The van der Waals surface area contributed by atoms with Crippen molar-refractivity contribution in [2.75, 3.05) is 6.54 Å². The average Bonchev–Trinajstić information content (AvgIpc) is 2.64. The Balaban J connectivity index is 3.41. The standard InChI is InChI=1S/C26H43N3O4/c1-11-12-16-29(23(31)19(4)27-24(32)33-26(8,9)10)21(22(30)28-25(5,6)7)20-15-13-14-17(2)18(20)3/h13-15,19,21H,11-12,16H2,1-10H3,(H,27,32)(H,28,30). The maximum Gasteiger partial charge on any atom is 0.408 e. The molecular formula is C26H43N3O4. The molecule has 1 rings (SSSR count). The van der Waals surface area contributed by atoms with Gasteiger partial charge in [-0.1, -0.05) is 31.5 Å². The Labute approximate surface area is 199 Å². The number of rotatable bonds is 8. The lowest BCUT2D eigenvalue weighted by Crippen LogP contribution is -2.54. The van der Waals surface area contributed by atoms with E-state index in [1.165, 1.54) is 0 Å². The molecule has 186 valence electrons. The van der Waals surface area contributed by atoms with Crippen LogP contribution in [0.4, 0.5) is 4.79 Å². The number of nitrogens with one attached hydrogen (secondary N) is 2. The second kappa shape index (κ2) is 11.5. The SMILES string of the molecule is CCCCN(C(=O)C(C)NC(=O)OC(C)(C)C)C(C(=O)NC(C)(C)C)c1cccc(C)c1C. The van der Waals surface area contributed by atoms with Gasteiger partial charge in [0.1, 0.15) is 17.7 Å². The highest BCUT2D eigenvalue weighted by atomic mass is 16.6. The third kappa shape index (κ3) is 9.06. The van der Waals surface area contributed by atoms with E-state index < -0.39 is 29.3 Å². The number of carbonyl (C=O) groups excluding carboxylic acids is 3. The van der Waals surface area contributed by atoms with Crippen molar-refractivity contribution >= 4 is 17.9 Å². The number of nitrogens with zero attached hydrogens (tertiary/aromatic N) is 1. The minimum Gasteiger partial charge on any atom is -0.444 e. The van der Waals surface area contributed by atoms with Crippen LogP contribution in [0.1, 0.15) is 91.0 Å². The van der Waals surface area contributed by atoms with Crippen LogP contribution < -0.4 is 10.6 Å². The highest BCUT2D eigenvalue weighted by Crippen LogP contribution is 2.28. The lowest BCUT2D eigenvalue weighted by atomic mass is 9.94. The summed E-state index contributed by atoms with van der Waals surface area (Å²) < 4.78 is 5.31. The molecule has 0 bridgehead atoms. The molecule has 0 fully saturated rings. The fourth-order valence-corrected chi connectivity index (χ4v) is 3.45. The first-order chi connectivity index (χ1) is 15.1. The molecule has 7 nitrogen and oxygen atoms in total. The summed E-state index contributed by atoms with van der Waals surface area (Å²) in [6, 6.07) is 4.12. The third-order valence-corrected chi connectivity index (χ3v) is 5.14. The number of amides is 3. The van der Waals surface area contributed by atoms with Crippen molar-refractivity contribution in [3.8, 4) is 0 Å². The number of alkyl carbamates (subject to hydrolysis) is 1. The van der Waals surface area contributed by atoms with E-state index in [1.54, 1.807) is 32.6 Å². The number of hydrogen-bond acceptors (Lipinski definition) is 4. The summed E-state index contributed by atoms with van der Waals surface area (Å²) in [4.78, 5) is 41.0. The van der Waals surface area contributed by atoms with E-state index in [2.05, 4.69) is 10.6 Å². The van der Waals surface area contributed by atoms with Gasteiger partial charge in [-0.2, -0.15) is 0 Å². The molecule has 0 saturated carbocycles. The maximum atomic E-state index is 13.6. The largest absolute Gasteiger partial charge is 0.444 e. The Morgan fingerprint density at radius 2 is 1.67 bits per heavy atom. The number of aryl methyl sites for hydroxylation is 1. The number of ether oxygens (including phenoxy) is 1. The van der Waals surface area contributed by atoms with Gasteiger partial charge in [-0.25, -0.2) is 4.79 Å². The van der Waals surface area contributed by atoms with Crippen molar-refractivity contribution in [3.05, 3.63) is 34.9 Å². The van der Waals surface area contributed by atoms with Crippen LogP contribution in [-0.2, 0) is 14.3 Å². The van der Waals surface area contributed by atoms with Gasteiger partial charge in [0.15, 0.2) is 0 Å². The van der Waals surface area contributed by atoms with Gasteiger partial charge in [-0.05, 0) is 85.4 Å². The summed E-state index contributed by atoms with van der Waals surface area (Å²) in [6.07, 6.45) is 0.925. The first-order valence-corrected chi connectivity index (χ1v) is 11.8.